The molecule has 0 fully saturated rings. The van der Waals surface area contributed by atoms with E-state index in [-0.39, 0.29) is 5.56 Å². The van der Waals surface area contributed by atoms with Gasteiger partial charge in [0.1, 0.15) is 0 Å². The van der Waals surface area contributed by atoms with Gasteiger partial charge in [-0.25, -0.2) is 8.78 Å². The summed E-state index contributed by atoms with van der Waals surface area (Å²) < 4.78 is 24.8. The fourth-order valence-electron chi connectivity index (χ4n) is 1.35. The number of halogens is 2. The summed E-state index contributed by atoms with van der Waals surface area (Å²) >= 11 is 0. The van der Waals surface area contributed by atoms with Gasteiger partial charge >= 0.3 is 0 Å². The first-order valence-corrected chi connectivity index (χ1v) is 4.31. The van der Waals surface area contributed by atoms with Gasteiger partial charge in [-0.05, 0) is 31.9 Å². The standard InChI is InChI=1S/C10H13F2N/c1-4-9-6(2)5-8(10(11)12)7(3)13-9/h5,10H,4H2,1-3H3. The van der Waals surface area contributed by atoms with Crippen molar-refractivity contribution in [1.82, 2.24) is 4.98 Å². The van der Waals surface area contributed by atoms with Crippen LogP contribution in [-0.2, 0) is 6.42 Å². The van der Waals surface area contributed by atoms with E-state index in [2.05, 4.69) is 4.98 Å². The first-order chi connectivity index (χ1) is 6.06. The van der Waals surface area contributed by atoms with Crippen LogP contribution in [0.4, 0.5) is 8.78 Å². The number of pyridine rings is 1. The Balaban J connectivity index is 3.20. The van der Waals surface area contributed by atoms with Crippen LogP contribution in [0.3, 0.4) is 0 Å². The van der Waals surface area contributed by atoms with Crippen molar-refractivity contribution in [2.75, 3.05) is 0 Å². The molecule has 0 unspecified atom stereocenters. The Hall–Kier alpha value is -0.990. The van der Waals surface area contributed by atoms with E-state index in [1.165, 1.54) is 6.07 Å². The van der Waals surface area contributed by atoms with E-state index in [1.54, 1.807) is 6.92 Å². The van der Waals surface area contributed by atoms with Crippen molar-refractivity contribution >= 4 is 0 Å². The molecule has 3 heteroatoms. The van der Waals surface area contributed by atoms with Crippen LogP contribution in [0.15, 0.2) is 6.07 Å². The lowest BCUT2D eigenvalue weighted by Gasteiger charge is -2.08. The van der Waals surface area contributed by atoms with Crippen molar-refractivity contribution in [3.05, 3.63) is 28.6 Å². The predicted molar refractivity (Wildman–Crippen MR) is 48.0 cm³/mol. The predicted octanol–water partition coefficient (Wildman–Crippen LogP) is 3.20. The summed E-state index contributed by atoms with van der Waals surface area (Å²) in [5.41, 5.74) is 2.25. The van der Waals surface area contributed by atoms with E-state index in [9.17, 15) is 8.78 Å². The maximum atomic E-state index is 12.4. The summed E-state index contributed by atoms with van der Waals surface area (Å²) in [4.78, 5) is 4.13. The van der Waals surface area contributed by atoms with Gasteiger partial charge in [-0.2, -0.15) is 0 Å². The third-order valence-electron chi connectivity index (χ3n) is 2.12. The normalized spacial score (nSPS) is 10.9. The third kappa shape index (κ3) is 2.02. The molecule has 0 amide bonds. The van der Waals surface area contributed by atoms with Crippen LogP contribution in [0.2, 0.25) is 0 Å². The number of alkyl halides is 2. The van der Waals surface area contributed by atoms with E-state index >= 15 is 0 Å². The SMILES string of the molecule is CCc1nc(C)c(C(F)F)cc1C. The molecule has 0 aliphatic heterocycles. The summed E-state index contributed by atoms with van der Waals surface area (Å²) in [6.45, 7) is 5.41. The largest absolute Gasteiger partial charge is 0.265 e. The highest BCUT2D eigenvalue weighted by atomic mass is 19.3. The van der Waals surface area contributed by atoms with Crippen LogP contribution in [0.1, 0.15) is 35.9 Å². The zero-order chi connectivity index (χ0) is 10.0. The number of hydrogen-bond acceptors (Lipinski definition) is 1. The summed E-state index contributed by atoms with van der Waals surface area (Å²) in [7, 11) is 0. The molecule has 0 aliphatic rings. The van der Waals surface area contributed by atoms with E-state index < -0.39 is 6.43 Å². The van der Waals surface area contributed by atoms with Crippen LogP contribution in [0, 0.1) is 13.8 Å². The molecule has 1 nitrogen and oxygen atoms in total. The highest BCUT2D eigenvalue weighted by Crippen LogP contribution is 2.23. The average molecular weight is 185 g/mol. The molecule has 0 aliphatic carbocycles. The summed E-state index contributed by atoms with van der Waals surface area (Å²) in [5, 5.41) is 0. The zero-order valence-corrected chi connectivity index (χ0v) is 8.06. The van der Waals surface area contributed by atoms with E-state index in [4.69, 9.17) is 0 Å². The summed E-state index contributed by atoms with van der Waals surface area (Å²) in [6.07, 6.45) is -1.63. The molecule has 0 spiro atoms. The van der Waals surface area contributed by atoms with Gasteiger partial charge in [-0.15, -0.1) is 0 Å². The third-order valence-corrected chi connectivity index (χ3v) is 2.12. The Morgan fingerprint density at radius 2 is 2.00 bits per heavy atom. The molecular weight excluding hydrogens is 172 g/mol. The van der Waals surface area contributed by atoms with Crippen molar-refractivity contribution in [3.63, 3.8) is 0 Å². The molecular formula is C10H13F2N. The number of nitrogens with zero attached hydrogens (tertiary/aromatic N) is 1. The van der Waals surface area contributed by atoms with Gasteiger partial charge in [0.25, 0.3) is 6.43 Å². The van der Waals surface area contributed by atoms with Crippen LogP contribution in [-0.4, -0.2) is 4.98 Å². The second-order valence-corrected chi connectivity index (χ2v) is 3.08. The zero-order valence-electron chi connectivity index (χ0n) is 8.06. The molecule has 0 radical (unpaired) electrons. The number of aryl methyl sites for hydroxylation is 3. The van der Waals surface area contributed by atoms with E-state index in [0.717, 1.165) is 17.7 Å². The summed E-state index contributed by atoms with van der Waals surface area (Å²) in [6, 6.07) is 1.53. The molecule has 0 atom stereocenters. The Morgan fingerprint density at radius 3 is 2.46 bits per heavy atom. The van der Waals surface area contributed by atoms with Crippen molar-refractivity contribution in [1.29, 1.82) is 0 Å². The maximum Gasteiger partial charge on any atom is 0.265 e. The fraction of sp³-hybridized carbons (Fsp3) is 0.500. The van der Waals surface area contributed by atoms with Crippen LogP contribution >= 0.6 is 0 Å². The average Bonchev–Trinajstić information content (AvgIpc) is 2.07. The Labute approximate surface area is 76.8 Å². The minimum Gasteiger partial charge on any atom is -0.257 e. The Bertz CT molecular complexity index is 308. The number of hydrogen-bond donors (Lipinski definition) is 0. The van der Waals surface area contributed by atoms with Crippen LogP contribution < -0.4 is 0 Å². The monoisotopic (exact) mass is 185 g/mol. The van der Waals surface area contributed by atoms with Crippen molar-refractivity contribution < 1.29 is 8.78 Å². The molecule has 0 bridgehead atoms. The van der Waals surface area contributed by atoms with Gasteiger partial charge in [0.15, 0.2) is 0 Å². The first kappa shape index (κ1) is 10.1. The lowest BCUT2D eigenvalue weighted by molar-refractivity contribution is 0.150. The van der Waals surface area contributed by atoms with Crippen LogP contribution in [0.25, 0.3) is 0 Å². The van der Waals surface area contributed by atoms with Gasteiger partial charge < -0.3 is 0 Å². The van der Waals surface area contributed by atoms with Crippen molar-refractivity contribution in [3.8, 4) is 0 Å². The molecule has 1 aromatic heterocycles. The quantitative estimate of drug-likeness (QED) is 0.689. The lowest BCUT2D eigenvalue weighted by Crippen LogP contribution is -2.00. The Morgan fingerprint density at radius 1 is 1.38 bits per heavy atom. The van der Waals surface area contributed by atoms with Crippen molar-refractivity contribution in [2.24, 2.45) is 0 Å². The van der Waals surface area contributed by atoms with Gasteiger partial charge in [0.05, 0.1) is 0 Å². The molecule has 1 rings (SSSR count). The second kappa shape index (κ2) is 3.81. The maximum absolute atomic E-state index is 12.4. The molecule has 0 saturated carbocycles. The molecule has 0 saturated heterocycles. The second-order valence-electron chi connectivity index (χ2n) is 3.08. The lowest BCUT2D eigenvalue weighted by atomic mass is 10.1. The highest BCUT2D eigenvalue weighted by Gasteiger charge is 2.13. The molecule has 0 aromatic carbocycles. The molecule has 1 aromatic rings. The van der Waals surface area contributed by atoms with Gasteiger partial charge in [-0.3, -0.25) is 4.98 Å². The summed E-state index contributed by atoms with van der Waals surface area (Å²) in [5.74, 6) is 0. The number of rotatable bonds is 2. The van der Waals surface area contributed by atoms with Gasteiger partial charge in [0, 0.05) is 17.0 Å². The highest BCUT2D eigenvalue weighted by molar-refractivity contribution is 5.30. The molecule has 13 heavy (non-hydrogen) atoms. The number of aromatic nitrogens is 1. The molecule has 72 valence electrons. The van der Waals surface area contributed by atoms with E-state index in [0.29, 0.717) is 5.69 Å². The smallest absolute Gasteiger partial charge is 0.257 e. The molecule has 1 heterocycles. The fourth-order valence-corrected chi connectivity index (χ4v) is 1.35. The van der Waals surface area contributed by atoms with Crippen molar-refractivity contribution in [2.45, 2.75) is 33.6 Å². The Kier molecular flexibility index (Phi) is 2.96. The molecule has 0 N–H and O–H groups in total. The van der Waals surface area contributed by atoms with E-state index in [1.807, 2.05) is 13.8 Å². The van der Waals surface area contributed by atoms with Gasteiger partial charge in [0.2, 0.25) is 0 Å². The minimum atomic E-state index is -2.42. The topological polar surface area (TPSA) is 12.9 Å². The minimum absolute atomic E-state index is 0.0506. The first-order valence-electron chi connectivity index (χ1n) is 4.31. The van der Waals surface area contributed by atoms with Crippen LogP contribution in [0.5, 0.6) is 0 Å². The van der Waals surface area contributed by atoms with Gasteiger partial charge in [-0.1, -0.05) is 6.92 Å².